The highest BCUT2D eigenvalue weighted by molar-refractivity contribution is 6.30. The number of amides is 1. The number of benzene rings is 2. The molecule has 2 atom stereocenters. The number of nitrogens with zero attached hydrogens (tertiary/aromatic N) is 1. The average molecular weight is 455 g/mol. The van der Waals surface area contributed by atoms with E-state index >= 15 is 0 Å². The van der Waals surface area contributed by atoms with Gasteiger partial charge in [0.15, 0.2) is 0 Å². The number of halogens is 1. The van der Waals surface area contributed by atoms with Crippen molar-refractivity contribution in [1.82, 2.24) is 10.2 Å². The molecular weight excluding hydrogens is 424 g/mol. The Hall–Kier alpha value is -2.37. The number of hydrogen-bond donors (Lipinski definition) is 1. The summed E-state index contributed by atoms with van der Waals surface area (Å²) in [4.78, 5) is 27.2. The van der Waals surface area contributed by atoms with Crippen LogP contribution in [-0.2, 0) is 11.2 Å². The summed E-state index contributed by atoms with van der Waals surface area (Å²) < 4.78 is 4.77. The quantitative estimate of drug-likeness (QED) is 0.641. The number of ether oxygens (including phenoxy) is 1. The first-order chi connectivity index (χ1) is 15.5. The third kappa shape index (κ3) is 5.51. The molecule has 170 valence electrons. The van der Waals surface area contributed by atoms with Gasteiger partial charge in [-0.3, -0.25) is 9.69 Å². The van der Waals surface area contributed by atoms with E-state index in [0.717, 1.165) is 43.8 Å². The van der Waals surface area contributed by atoms with Crippen molar-refractivity contribution >= 4 is 23.5 Å². The van der Waals surface area contributed by atoms with Crippen molar-refractivity contribution in [1.29, 1.82) is 0 Å². The van der Waals surface area contributed by atoms with Crippen molar-refractivity contribution in [2.24, 2.45) is 5.92 Å². The lowest BCUT2D eigenvalue weighted by atomic mass is 9.89. The molecule has 1 aliphatic heterocycles. The summed E-state index contributed by atoms with van der Waals surface area (Å²) in [5.41, 5.74) is 2.25. The molecule has 1 N–H and O–H groups in total. The second kappa shape index (κ2) is 10.5. The van der Waals surface area contributed by atoms with E-state index in [9.17, 15) is 9.59 Å². The zero-order valence-electron chi connectivity index (χ0n) is 18.6. The zero-order valence-corrected chi connectivity index (χ0v) is 19.3. The van der Waals surface area contributed by atoms with E-state index in [4.69, 9.17) is 16.3 Å². The SMILES string of the molecule is COC(=O)c1cccc(C(=O)N[C@@H]2CCC[C@H]2N2CCC(Cc3ccc(Cl)cc3)CC2)c1. The number of methoxy groups -OCH3 is 1. The number of piperidine rings is 1. The minimum absolute atomic E-state index is 0.120. The normalized spacial score (nSPS) is 21.9. The van der Waals surface area contributed by atoms with Gasteiger partial charge in [-0.1, -0.05) is 29.8 Å². The monoisotopic (exact) mass is 454 g/mol. The van der Waals surface area contributed by atoms with E-state index in [1.54, 1.807) is 24.3 Å². The highest BCUT2D eigenvalue weighted by Gasteiger charge is 2.35. The second-order valence-corrected chi connectivity index (χ2v) is 9.40. The summed E-state index contributed by atoms with van der Waals surface area (Å²) in [6.07, 6.45) is 6.71. The summed E-state index contributed by atoms with van der Waals surface area (Å²) in [5, 5.41) is 4.02. The Morgan fingerprint density at radius 3 is 2.47 bits per heavy atom. The van der Waals surface area contributed by atoms with Crippen molar-refractivity contribution in [3.8, 4) is 0 Å². The van der Waals surface area contributed by atoms with Crippen LogP contribution in [0.5, 0.6) is 0 Å². The Bertz CT molecular complexity index is 938. The van der Waals surface area contributed by atoms with Gasteiger partial charge in [-0.2, -0.15) is 0 Å². The Morgan fingerprint density at radius 2 is 1.75 bits per heavy atom. The van der Waals surface area contributed by atoms with Crippen LogP contribution in [0.2, 0.25) is 5.02 Å². The van der Waals surface area contributed by atoms with Gasteiger partial charge in [0.05, 0.1) is 12.7 Å². The highest BCUT2D eigenvalue weighted by Crippen LogP contribution is 2.30. The van der Waals surface area contributed by atoms with Crippen LogP contribution in [-0.4, -0.2) is 49.1 Å². The average Bonchev–Trinajstić information content (AvgIpc) is 3.28. The standard InChI is InChI=1S/C26H31ClN2O3/c1-32-26(31)21-5-2-4-20(17-21)25(30)28-23-6-3-7-24(23)29-14-12-19(13-15-29)16-18-8-10-22(27)11-9-18/h2,4-5,8-11,17,19,23-24H,3,6-7,12-16H2,1H3,(H,28,30)/t23-,24-/m1/s1. The first-order valence-electron chi connectivity index (χ1n) is 11.5. The molecule has 1 saturated carbocycles. The Labute approximate surface area is 195 Å². The maximum Gasteiger partial charge on any atom is 0.337 e. The fraction of sp³-hybridized carbons (Fsp3) is 0.462. The van der Waals surface area contributed by atoms with Crippen molar-refractivity contribution in [2.45, 2.75) is 50.6 Å². The lowest BCUT2D eigenvalue weighted by Gasteiger charge is -2.38. The van der Waals surface area contributed by atoms with Gasteiger partial charge < -0.3 is 10.1 Å². The smallest absolute Gasteiger partial charge is 0.337 e. The van der Waals surface area contributed by atoms with Gasteiger partial charge in [0.25, 0.3) is 5.91 Å². The summed E-state index contributed by atoms with van der Waals surface area (Å²) in [7, 11) is 1.34. The number of carbonyl (C=O) groups excluding carboxylic acids is 2. The largest absolute Gasteiger partial charge is 0.465 e. The van der Waals surface area contributed by atoms with E-state index < -0.39 is 5.97 Å². The zero-order chi connectivity index (χ0) is 22.5. The lowest BCUT2D eigenvalue weighted by molar-refractivity contribution is 0.0600. The number of rotatable bonds is 6. The van der Waals surface area contributed by atoms with E-state index in [0.29, 0.717) is 23.1 Å². The maximum atomic E-state index is 12.9. The Balaban J connectivity index is 1.31. The molecule has 5 nitrogen and oxygen atoms in total. The highest BCUT2D eigenvalue weighted by atomic mass is 35.5. The number of hydrogen-bond acceptors (Lipinski definition) is 4. The molecule has 1 heterocycles. The third-order valence-electron chi connectivity index (χ3n) is 6.90. The first kappa shape index (κ1) is 22.8. The number of esters is 1. The van der Waals surface area contributed by atoms with Gasteiger partial charge >= 0.3 is 5.97 Å². The fourth-order valence-corrected chi connectivity index (χ4v) is 5.27. The van der Waals surface area contributed by atoms with Gasteiger partial charge in [-0.05, 0) is 93.4 Å². The topological polar surface area (TPSA) is 58.6 Å². The molecule has 0 unspecified atom stereocenters. The summed E-state index contributed by atoms with van der Waals surface area (Å²) in [6, 6.07) is 15.5. The molecule has 1 saturated heterocycles. The molecule has 0 aromatic heterocycles. The van der Waals surface area contributed by atoms with Gasteiger partial charge in [0.1, 0.15) is 0 Å². The van der Waals surface area contributed by atoms with Crippen LogP contribution in [0.4, 0.5) is 0 Å². The van der Waals surface area contributed by atoms with Crippen LogP contribution in [0.3, 0.4) is 0 Å². The van der Waals surface area contributed by atoms with Crippen LogP contribution in [0.25, 0.3) is 0 Å². The predicted molar refractivity (Wildman–Crippen MR) is 126 cm³/mol. The van der Waals surface area contributed by atoms with Crippen LogP contribution in [0, 0.1) is 5.92 Å². The minimum atomic E-state index is -0.431. The summed E-state index contributed by atoms with van der Waals surface area (Å²) in [5.74, 6) is 0.146. The van der Waals surface area contributed by atoms with Crippen LogP contribution >= 0.6 is 11.6 Å². The van der Waals surface area contributed by atoms with Crippen LogP contribution in [0.1, 0.15) is 58.4 Å². The minimum Gasteiger partial charge on any atom is -0.465 e. The summed E-state index contributed by atoms with van der Waals surface area (Å²) in [6.45, 7) is 2.15. The molecule has 2 aliphatic rings. The van der Waals surface area contributed by atoms with E-state index in [-0.39, 0.29) is 11.9 Å². The molecule has 32 heavy (non-hydrogen) atoms. The molecule has 2 aromatic rings. The lowest BCUT2D eigenvalue weighted by Crippen LogP contribution is -2.51. The molecule has 6 heteroatoms. The van der Waals surface area contributed by atoms with Crippen molar-refractivity contribution < 1.29 is 14.3 Å². The van der Waals surface area contributed by atoms with E-state index in [1.807, 2.05) is 12.1 Å². The molecule has 1 amide bonds. The summed E-state index contributed by atoms with van der Waals surface area (Å²) >= 11 is 6.01. The van der Waals surface area contributed by atoms with Gasteiger partial charge in [0.2, 0.25) is 0 Å². The Kier molecular flexibility index (Phi) is 7.48. The van der Waals surface area contributed by atoms with Crippen LogP contribution in [0.15, 0.2) is 48.5 Å². The molecule has 4 rings (SSSR count). The van der Waals surface area contributed by atoms with E-state index in [2.05, 4.69) is 22.3 Å². The maximum absolute atomic E-state index is 12.9. The number of nitrogens with one attached hydrogen (secondary N) is 1. The van der Waals surface area contributed by atoms with Crippen molar-refractivity contribution in [3.05, 3.63) is 70.2 Å². The molecule has 2 fully saturated rings. The molecule has 0 bridgehead atoms. The molecule has 1 aliphatic carbocycles. The van der Waals surface area contributed by atoms with Gasteiger partial charge in [-0.15, -0.1) is 0 Å². The predicted octanol–water partition coefficient (Wildman–Crippen LogP) is 4.73. The second-order valence-electron chi connectivity index (χ2n) is 8.96. The third-order valence-corrected chi connectivity index (χ3v) is 7.15. The first-order valence-corrected chi connectivity index (χ1v) is 11.9. The van der Waals surface area contributed by atoms with Gasteiger partial charge in [-0.25, -0.2) is 4.79 Å². The van der Waals surface area contributed by atoms with Crippen molar-refractivity contribution in [2.75, 3.05) is 20.2 Å². The van der Waals surface area contributed by atoms with Gasteiger partial charge in [0, 0.05) is 22.7 Å². The molecular formula is C26H31ClN2O3. The molecule has 0 radical (unpaired) electrons. The Morgan fingerprint density at radius 1 is 1.03 bits per heavy atom. The van der Waals surface area contributed by atoms with Crippen molar-refractivity contribution in [3.63, 3.8) is 0 Å². The molecule has 0 spiro atoms. The number of likely N-dealkylation sites (tertiary alicyclic amines) is 1. The fourth-order valence-electron chi connectivity index (χ4n) is 5.15. The molecule has 2 aromatic carbocycles. The van der Waals surface area contributed by atoms with Crippen LogP contribution < -0.4 is 5.32 Å². The van der Waals surface area contributed by atoms with E-state index in [1.165, 1.54) is 25.5 Å². The number of carbonyl (C=O) groups is 2.